The van der Waals surface area contributed by atoms with Crippen LogP contribution < -0.4 is 4.90 Å². The first kappa shape index (κ1) is 28.9. The summed E-state index contributed by atoms with van der Waals surface area (Å²) in [6.07, 6.45) is -0.585. The van der Waals surface area contributed by atoms with Crippen LogP contribution in [-0.2, 0) is 14.2 Å². The van der Waals surface area contributed by atoms with Crippen molar-refractivity contribution in [3.8, 4) is 11.5 Å². The van der Waals surface area contributed by atoms with Crippen LogP contribution in [0.15, 0.2) is 22.9 Å². The number of anilines is 1. The maximum absolute atomic E-state index is 13.1. The third-order valence-corrected chi connectivity index (χ3v) is 5.20. The van der Waals surface area contributed by atoms with E-state index in [1.165, 1.54) is 6.20 Å². The van der Waals surface area contributed by atoms with Crippen molar-refractivity contribution in [1.82, 2.24) is 15.0 Å². The predicted octanol–water partition coefficient (Wildman–Crippen LogP) is 6.06. The van der Waals surface area contributed by atoms with E-state index in [0.717, 1.165) is 4.90 Å². The molecular formula is C27H38N4O7. The van der Waals surface area contributed by atoms with Crippen molar-refractivity contribution >= 4 is 24.0 Å². The molecule has 3 heterocycles. The van der Waals surface area contributed by atoms with E-state index in [1.807, 2.05) is 20.8 Å². The number of amides is 3. The molecule has 1 aliphatic heterocycles. The lowest BCUT2D eigenvalue weighted by atomic mass is 9.96. The van der Waals surface area contributed by atoms with Gasteiger partial charge in [0.2, 0.25) is 0 Å². The van der Waals surface area contributed by atoms with Crippen LogP contribution in [0.5, 0.6) is 0 Å². The van der Waals surface area contributed by atoms with Gasteiger partial charge in [-0.15, -0.1) is 0 Å². The van der Waals surface area contributed by atoms with E-state index >= 15 is 0 Å². The molecule has 11 heteroatoms. The van der Waals surface area contributed by atoms with E-state index in [1.54, 1.807) is 65.5 Å². The molecule has 1 fully saturated rings. The molecule has 2 aromatic rings. The monoisotopic (exact) mass is 530 g/mol. The molecule has 0 atom stereocenters. The number of aromatic nitrogens is 2. The van der Waals surface area contributed by atoms with Crippen LogP contribution in [0.2, 0.25) is 0 Å². The highest BCUT2D eigenvalue weighted by molar-refractivity contribution is 6.10. The molecule has 0 aliphatic carbocycles. The molecule has 0 saturated carbocycles. The molecule has 3 amide bonds. The van der Waals surface area contributed by atoms with Gasteiger partial charge in [0, 0.05) is 31.3 Å². The third-order valence-electron chi connectivity index (χ3n) is 5.20. The topological polar surface area (TPSA) is 124 Å². The van der Waals surface area contributed by atoms with Crippen molar-refractivity contribution in [1.29, 1.82) is 0 Å². The summed E-state index contributed by atoms with van der Waals surface area (Å²) < 4.78 is 21.9. The Labute approximate surface area is 223 Å². The first-order chi connectivity index (χ1) is 17.3. The van der Waals surface area contributed by atoms with Crippen molar-refractivity contribution in [2.45, 2.75) is 92.0 Å². The lowest BCUT2D eigenvalue weighted by Gasteiger charge is -2.38. The Morgan fingerprint density at radius 1 is 0.895 bits per heavy atom. The summed E-state index contributed by atoms with van der Waals surface area (Å²) in [5, 5.41) is 4.16. The van der Waals surface area contributed by atoms with Crippen LogP contribution in [-0.4, -0.2) is 63.2 Å². The number of nitrogens with zero attached hydrogens (tertiary/aromatic N) is 4. The molecular weight excluding hydrogens is 492 g/mol. The fraction of sp³-hybridized carbons (Fsp3) is 0.593. The van der Waals surface area contributed by atoms with Gasteiger partial charge in [0.05, 0.1) is 11.4 Å². The summed E-state index contributed by atoms with van der Waals surface area (Å²) in [4.78, 5) is 45.3. The van der Waals surface area contributed by atoms with Gasteiger partial charge in [-0.1, -0.05) is 5.16 Å². The number of ether oxygens (including phenoxy) is 3. The molecule has 0 bridgehead atoms. The van der Waals surface area contributed by atoms with Gasteiger partial charge in [0.1, 0.15) is 22.5 Å². The molecule has 0 aromatic carbocycles. The van der Waals surface area contributed by atoms with Crippen LogP contribution in [0, 0.1) is 6.92 Å². The van der Waals surface area contributed by atoms with Gasteiger partial charge in [-0.3, -0.25) is 4.98 Å². The highest BCUT2D eigenvalue weighted by Crippen LogP contribution is 2.33. The van der Waals surface area contributed by atoms with Gasteiger partial charge < -0.3 is 23.6 Å². The second-order valence-corrected chi connectivity index (χ2v) is 12.4. The Hall–Kier alpha value is -3.63. The minimum Gasteiger partial charge on any atom is -0.444 e. The highest BCUT2D eigenvalue weighted by Gasteiger charge is 2.37. The van der Waals surface area contributed by atoms with Gasteiger partial charge >= 0.3 is 18.3 Å². The Kier molecular flexibility index (Phi) is 7.81. The number of carbonyl (C=O) groups excluding carboxylic acids is 3. The summed E-state index contributed by atoms with van der Waals surface area (Å²) >= 11 is 0. The third kappa shape index (κ3) is 7.45. The van der Waals surface area contributed by atoms with E-state index in [-0.39, 0.29) is 17.7 Å². The Morgan fingerprint density at radius 2 is 1.42 bits per heavy atom. The first-order valence-electron chi connectivity index (χ1n) is 12.5. The molecule has 0 N–H and O–H groups in total. The number of carbonyl (C=O) groups is 3. The Bertz CT molecular complexity index is 1170. The number of likely N-dealkylation sites (tertiary alicyclic amines) is 1. The second-order valence-electron chi connectivity index (χ2n) is 12.4. The van der Waals surface area contributed by atoms with Gasteiger partial charge in [-0.05, 0) is 80.9 Å². The lowest BCUT2D eigenvalue weighted by Crippen LogP contribution is -2.50. The van der Waals surface area contributed by atoms with Crippen molar-refractivity contribution in [2.24, 2.45) is 0 Å². The van der Waals surface area contributed by atoms with Crippen molar-refractivity contribution in [3.05, 3.63) is 29.6 Å². The minimum absolute atomic E-state index is 0.00929. The van der Waals surface area contributed by atoms with Gasteiger partial charge in [-0.25, -0.2) is 14.4 Å². The van der Waals surface area contributed by atoms with Gasteiger partial charge in [0.15, 0.2) is 5.76 Å². The molecule has 1 saturated heterocycles. The van der Waals surface area contributed by atoms with Crippen molar-refractivity contribution in [3.63, 3.8) is 0 Å². The summed E-state index contributed by atoms with van der Waals surface area (Å²) in [6.45, 7) is 18.4. The van der Waals surface area contributed by atoms with Crippen LogP contribution in [0.3, 0.4) is 0 Å². The maximum Gasteiger partial charge on any atom is 0.424 e. The number of hydrogen-bond donors (Lipinski definition) is 0. The zero-order valence-electron chi connectivity index (χ0n) is 23.9. The van der Waals surface area contributed by atoms with E-state index in [9.17, 15) is 14.4 Å². The Balaban J connectivity index is 1.84. The SMILES string of the molecule is Cc1cnc(-c2cc(C3CN(C(=O)OC(C)(C)C)C3)no2)cc1N(C(=O)OC(C)(C)C)C(=O)OC(C)(C)C. The van der Waals surface area contributed by atoms with E-state index in [4.69, 9.17) is 18.7 Å². The molecule has 0 radical (unpaired) electrons. The highest BCUT2D eigenvalue weighted by atomic mass is 16.6. The number of rotatable bonds is 3. The molecule has 11 nitrogen and oxygen atoms in total. The van der Waals surface area contributed by atoms with E-state index in [0.29, 0.717) is 35.8 Å². The van der Waals surface area contributed by atoms with Gasteiger partial charge in [-0.2, -0.15) is 4.90 Å². The lowest BCUT2D eigenvalue weighted by molar-refractivity contribution is 0.00758. The van der Waals surface area contributed by atoms with Crippen molar-refractivity contribution < 1.29 is 33.1 Å². The molecule has 1 aliphatic rings. The van der Waals surface area contributed by atoms with E-state index < -0.39 is 29.0 Å². The fourth-order valence-corrected chi connectivity index (χ4v) is 3.52. The molecule has 208 valence electrons. The minimum atomic E-state index is -0.873. The van der Waals surface area contributed by atoms with E-state index in [2.05, 4.69) is 10.1 Å². The number of aryl methyl sites for hydroxylation is 1. The standard InChI is InChI=1S/C27H38N4O7/c1-16-13-28-19(11-20(16)31(23(33)36-26(5,6)7)24(34)37-27(8,9)10)21-12-18(29-38-21)17-14-30(15-17)22(32)35-25(2,3)4/h11-13,17H,14-15H2,1-10H3. The number of imide groups is 1. The Morgan fingerprint density at radius 3 is 1.92 bits per heavy atom. The predicted molar refractivity (Wildman–Crippen MR) is 140 cm³/mol. The average molecular weight is 531 g/mol. The average Bonchev–Trinajstić information content (AvgIpc) is 3.13. The normalized spacial score (nSPS) is 14.5. The smallest absolute Gasteiger partial charge is 0.424 e. The molecule has 38 heavy (non-hydrogen) atoms. The summed E-state index contributed by atoms with van der Waals surface area (Å²) in [5.41, 5.74) is -0.406. The molecule has 0 unspecified atom stereocenters. The second kappa shape index (κ2) is 10.3. The maximum atomic E-state index is 13.1. The molecule has 3 rings (SSSR count). The summed E-state index contributed by atoms with van der Waals surface area (Å²) in [5.74, 6) is 0.343. The zero-order valence-corrected chi connectivity index (χ0v) is 23.9. The van der Waals surface area contributed by atoms with Crippen LogP contribution >= 0.6 is 0 Å². The van der Waals surface area contributed by atoms with Crippen LogP contribution in [0.4, 0.5) is 20.1 Å². The first-order valence-corrected chi connectivity index (χ1v) is 12.5. The summed E-state index contributed by atoms with van der Waals surface area (Å²) in [7, 11) is 0. The fourth-order valence-electron chi connectivity index (χ4n) is 3.52. The van der Waals surface area contributed by atoms with Crippen LogP contribution in [0.1, 0.15) is 79.5 Å². The summed E-state index contributed by atoms with van der Waals surface area (Å²) in [6, 6.07) is 3.30. The number of pyridine rings is 1. The van der Waals surface area contributed by atoms with Crippen LogP contribution in [0.25, 0.3) is 11.5 Å². The quantitative estimate of drug-likeness (QED) is 0.436. The molecule has 2 aromatic heterocycles. The largest absolute Gasteiger partial charge is 0.444 e. The number of hydrogen-bond acceptors (Lipinski definition) is 9. The van der Waals surface area contributed by atoms with Gasteiger partial charge in [0.25, 0.3) is 0 Å². The molecule has 0 spiro atoms. The zero-order chi connectivity index (χ0) is 28.6. The van der Waals surface area contributed by atoms with Crippen molar-refractivity contribution in [2.75, 3.05) is 18.0 Å².